The molecule has 10 heteroatoms. The molecule has 0 aliphatic heterocycles. The topological polar surface area (TPSA) is 115 Å². The molecule has 1 aromatic heterocycles. The molecule has 0 fully saturated rings. The third-order valence-electron chi connectivity index (χ3n) is 2.84. The van der Waals surface area contributed by atoms with Crippen molar-refractivity contribution in [3.63, 3.8) is 0 Å². The van der Waals surface area contributed by atoms with Gasteiger partial charge in [-0.05, 0) is 18.2 Å². The molecule has 0 atom stereocenters. The molecule has 1 heterocycles. The van der Waals surface area contributed by atoms with Crippen LogP contribution in [0, 0.1) is 0 Å². The van der Waals surface area contributed by atoms with E-state index in [4.69, 9.17) is 16.3 Å². The average Bonchev–Trinajstić information content (AvgIpc) is 2.89. The molecule has 1 aromatic carbocycles. The number of imide groups is 1. The summed E-state index contributed by atoms with van der Waals surface area (Å²) in [7, 11) is 1.45. The molecule has 0 spiro atoms. The predicted molar refractivity (Wildman–Crippen MR) is 85.4 cm³/mol. The minimum atomic E-state index is -0.793. The lowest BCUT2D eigenvalue weighted by molar-refractivity contribution is -0.118. The summed E-state index contributed by atoms with van der Waals surface area (Å²) in [4.78, 5) is 34.6. The summed E-state index contributed by atoms with van der Waals surface area (Å²) >= 11 is 5.99. The number of methoxy groups -OCH3 is 1. The van der Waals surface area contributed by atoms with E-state index in [2.05, 4.69) is 20.9 Å². The van der Waals surface area contributed by atoms with Crippen molar-refractivity contribution in [2.45, 2.75) is 13.8 Å². The number of ether oxygens (including phenoxy) is 1. The Morgan fingerprint density at radius 2 is 1.92 bits per heavy atom. The van der Waals surface area contributed by atoms with E-state index in [1.54, 1.807) is 12.1 Å². The molecule has 9 nitrogen and oxygen atoms in total. The van der Waals surface area contributed by atoms with E-state index >= 15 is 0 Å². The fraction of sp³-hybridized carbons (Fsp3) is 0.214. The van der Waals surface area contributed by atoms with Crippen LogP contribution in [0.3, 0.4) is 0 Å². The van der Waals surface area contributed by atoms with E-state index in [0.29, 0.717) is 16.5 Å². The second-order valence-electron chi connectivity index (χ2n) is 4.71. The highest BCUT2D eigenvalue weighted by molar-refractivity contribution is 6.30. The van der Waals surface area contributed by atoms with Crippen molar-refractivity contribution in [2.75, 3.05) is 12.4 Å². The number of benzene rings is 1. The predicted octanol–water partition coefficient (Wildman–Crippen LogP) is 1.16. The smallest absolute Gasteiger partial charge is 0.282 e. The molecule has 0 aliphatic rings. The minimum Gasteiger partial charge on any atom is -0.494 e. The number of hydrogen-bond acceptors (Lipinski definition) is 6. The quantitative estimate of drug-likeness (QED) is 0.854. The largest absolute Gasteiger partial charge is 0.494 e. The van der Waals surface area contributed by atoms with Crippen molar-refractivity contribution >= 4 is 35.1 Å². The third kappa shape index (κ3) is 3.69. The number of anilines is 1. The van der Waals surface area contributed by atoms with Crippen LogP contribution in [-0.4, -0.2) is 39.8 Å². The molecule has 0 saturated heterocycles. The van der Waals surface area contributed by atoms with Crippen LogP contribution in [0.4, 0.5) is 5.82 Å². The first kappa shape index (κ1) is 17.4. The monoisotopic (exact) mass is 351 g/mol. The van der Waals surface area contributed by atoms with Gasteiger partial charge in [0.05, 0.1) is 7.11 Å². The number of nitrogens with one attached hydrogen (secondary N) is 2. The Labute approximate surface area is 141 Å². The van der Waals surface area contributed by atoms with Gasteiger partial charge < -0.3 is 10.1 Å². The Kier molecular flexibility index (Phi) is 5.14. The number of carbonyl (C=O) groups is 3. The minimum absolute atomic E-state index is 0.0122. The summed E-state index contributed by atoms with van der Waals surface area (Å²) < 4.78 is 6.43. The zero-order valence-corrected chi connectivity index (χ0v) is 13.8. The van der Waals surface area contributed by atoms with Gasteiger partial charge in [0.2, 0.25) is 11.8 Å². The highest BCUT2D eigenvalue weighted by Gasteiger charge is 2.24. The summed E-state index contributed by atoms with van der Waals surface area (Å²) in [6.07, 6.45) is 0. The molecular weight excluding hydrogens is 338 g/mol. The summed E-state index contributed by atoms with van der Waals surface area (Å²) in [5, 5.41) is 12.5. The van der Waals surface area contributed by atoms with Crippen LogP contribution in [0.5, 0.6) is 5.75 Å². The molecule has 126 valence electrons. The van der Waals surface area contributed by atoms with Crippen LogP contribution in [0.15, 0.2) is 18.2 Å². The molecular formula is C14H14ClN5O4. The van der Waals surface area contributed by atoms with Gasteiger partial charge in [0.15, 0.2) is 11.5 Å². The van der Waals surface area contributed by atoms with Gasteiger partial charge in [0, 0.05) is 18.9 Å². The van der Waals surface area contributed by atoms with Gasteiger partial charge in [0.1, 0.15) is 11.4 Å². The number of rotatable bonds is 4. The normalized spacial score (nSPS) is 10.2. The maximum atomic E-state index is 12.1. The van der Waals surface area contributed by atoms with Crippen molar-refractivity contribution in [1.29, 1.82) is 0 Å². The standard InChI is InChI=1S/C14H14ClN5O4/c1-7(21)16-13-12(14(23)17-8(2)22)18-19-20(13)10-6-9(15)4-5-11(10)24-3/h4-6H,1-3H3,(H,16,21)(H,17,22,23). The number of amides is 3. The molecule has 24 heavy (non-hydrogen) atoms. The maximum absolute atomic E-state index is 12.1. The fourth-order valence-electron chi connectivity index (χ4n) is 1.93. The summed E-state index contributed by atoms with van der Waals surface area (Å²) in [6.45, 7) is 2.44. The van der Waals surface area contributed by atoms with E-state index < -0.39 is 17.7 Å². The molecule has 2 rings (SSSR count). The molecule has 0 saturated carbocycles. The Balaban J connectivity index is 2.61. The second-order valence-corrected chi connectivity index (χ2v) is 5.14. The first-order chi connectivity index (χ1) is 11.3. The molecule has 0 bridgehead atoms. The van der Waals surface area contributed by atoms with Gasteiger partial charge in [-0.25, -0.2) is 0 Å². The van der Waals surface area contributed by atoms with Crippen LogP contribution >= 0.6 is 11.6 Å². The summed E-state index contributed by atoms with van der Waals surface area (Å²) in [5.41, 5.74) is 0.144. The van der Waals surface area contributed by atoms with Gasteiger partial charge in [-0.15, -0.1) is 5.10 Å². The fourth-order valence-corrected chi connectivity index (χ4v) is 2.10. The van der Waals surface area contributed by atoms with Crippen molar-refractivity contribution < 1.29 is 19.1 Å². The van der Waals surface area contributed by atoms with Crippen molar-refractivity contribution in [3.05, 3.63) is 28.9 Å². The van der Waals surface area contributed by atoms with E-state index in [1.165, 1.54) is 31.7 Å². The SMILES string of the molecule is COc1ccc(Cl)cc1-n1nnc(C(=O)NC(C)=O)c1NC(C)=O. The lowest BCUT2D eigenvalue weighted by atomic mass is 10.3. The van der Waals surface area contributed by atoms with Gasteiger partial charge >= 0.3 is 0 Å². The van der Waals surface area contributed by atoms with Gasteiger partial charge in [-0.3, -0.25) is 19.7 Å². The molecule has 0 radical (unpaired) electrons. The summed E-state index contributed by atoms with van der Waals surface area (Å²) in [6, 6.07) is 4.75. The van der Waals surface area contributed by atoms with Crippen LogP contribution in [0.25, 0.3) is 5.69 Å². The van der Waals surface area contributed by atoms with E-state index in [1.807, 2.05) is 0 Å². The highest BCUT2D eigenvalue weighted by Crippen LogP contribution is 2.29. The Morgan fingerprint density at radius 1 is 1.21 bits per heavy atom. The van der Waals surface area contributed by atoms with Gasteiger partial charge in [-0.2, -0.15) is 4.68 Å². The average molecular weight is 352 g/mol. The van der Waals surface area contributed by atoms with E-state index in [9.17, 15) is 14.4 Å². The zero-order chi connectivity index (χ0) is 17.9. The Morgan fingerprint density at radius 3 is 2.50 bits per heavy atom. The second kappa shape index (κ2) is 7.09. The molecule has 3 amide bonds. The first-order valence-corrected chi connectivity index (χ1v) is 7.10. The van der Waals surface area contributed by atoms with Gasteiger partial charge in [0.25, 0.3) is 5.91 Å². The lowest BCUT2D eigenvalue weighted by Gasteiger charge is -2.12. The molecule has 2 N–H and O–H groups in total. The summed E-state index contributed by atoms with van der Waals surface area (Å²) in [5.74, 6) is -1.42. The number of nitrogens with zero attached hydrogens (tertiary/aromatic N) is 3. The van der Waals surface area contributed by atoms with Gasteiger partial charge in [-0.1, -0.05) is 16.8 Å². The molecule has 2 aromatic rings. The Bertz CT molecular complexity index is 817. The Hall–Kier alpha value is -2.94. The van der Waals surface area contributed by atoms with Crippen LogP contribution < -0.4 is 15.4 Å². The third-order valence-corrected chi connectivity index (χ3v) is 3.07. The molecule has 0 aliphatic carbocycles. The van der Waals surface area contributed by atoms with Crippen molar-refractivity contribution in [3.8, 4) is 11.4 Å². The number of hydrogen-bond donors (Lipinski definition) is 2. The maximum Gasteiger partial charge on any atom is 0.282 e. The van der Waals surface area contributed by atoms with Crippen LogP contribution in [0.2, 0.25) is 5.02 Å². The van der Waals surface area contributed by atoms with Crippen LogP contribution in [-0.2, 0) is 9.59 Å². The number of aromatic nitrogens is 3. The number of halogens is 1. The van der Waals surface area contributed by atoms with E-state index in [0.717, 1.165) is 0 Å². The van der Waals surface area contributed by atoms with Crippen molar-refractivity contribution in [1.82, 2.24) is 20.3 Å². The van der Waals surface area contributed by atoms with E-state index in [-0.39, 0.29) is 11.5 Å². The number of carbonyl (C=O) groups excluding carboxylic acids is 3. The highest BCUT2D eigenvalue weighted by atomic mass is 35.5. The van der Waals surface area contributed by atoms with Crippen LogP contribution in [0.1, 0.15) is 24.3 Å². The van der Waals surface area contributed by atoms with Crippen molar-refractivity contribution in [2.24, 2.45) is 0 Å². The lowest BCUT2D eigenvalue weighted by Crippen LogP contribution is -2.29. The molecule has 0 unspecified atom stereocenters. The zero-order valence-electron chi connectivity index (χ0n) is 13.1. The first-order valence-electron chi connectivity index (χ1n) is 6.72.